The maximum atomic E-state index is 11.6. The summed E-state index contributed by atoms with van der Waals surface area (Å²) in [4.78, 5) is 19.5. The maximum absolute atomic E-state index is 11.6. The van der Waals surface area contributed by atoms with Gasteiger partial charge < -0.3 is 9.47 Å². The summed E-state index contributed by atoms with van der Waals surface area (Å²) in [6.07, 6.45) is -0.654. The number of amides is 1. The highest BCUT2D eigenvalue weighted by molar-refractivity contribution is 5.85. The van der Waals surface area contributed by atoms with Gasteiger partial charge in [-0.1, -0.05) is 18.2 Å². The van der Waals surface area contributed by atoms with Crippen molar-refractivity contribution in [2.24, 2.45) is 0 Å². The van der Waals surface area contributed by atoms with Crippen molar-refractivity contribution >= 4 is 11.8 Å². The molecule has 0 fully saturated rings. The summed E-state index contributed by atoms with van der Waals surface area (Å²) in [6, 6.07) is 10.6. The van der Waals surface area contributed by atoms with Gasteiger partial charge in [0, 0.05) is 17.4 Å². The van der Waals surface area contributed by atoms with E-state index < -0.39 is 6.09 Å². The highest BCUT2D eigenvalue weighted by atomic mass is 16.6. The van der Waals surface area contributed by atoms with Crippen molar-refractivity contribution in [3.8, 4) is 11.9 Å². The summed E-state index contributed by atoms with van der Waals surface area (Å²) in [6.45, 7) is 1.76. The van der Waals surface area contributed by atoms with Gasteiger partial charge in [0.25, 0.3) is 0 Å². The molecule has 1 N–H and O–H groups in total. The second-order valence-corrected chi connectivity index (χ2v) is 3.71. The van der Waals surface area contributed by atoms with Gasteiger partial charge in [-0.25, -0.2) is 4.79 Å². The zero-order valence-electron chi connectivity index (χ0n) is 10.6. The third-order valence-corrected chi connectivity index (χ3v) is 2.22. The predicted molar refractivity (Wildman–Crippen MR) is 69.4 cm³/mol. The number of carbonyl (C=O) groups excluding carboxylic acids is 1. The molecule has 6 nitrogen and oxygen atoms in total. The molecule has 0 saturated heterocycles. The fraction of sp³-hybridized carbons (Fsp3) is 0.154. The molecule has 0 atom stereocenters. The van der Waals surface area contributed by atoms with Crippen molar-refractivity contribution < 1.29 is 14.3 Å². The Morgan fingerprint density at radius 3 is 2.63 bits per heavy atom. The number of nitrogens with zero attached hydrogens (tertiary/aromatic N) is 2. The normalized spacial score (nSPS) is 9.79. The van der Waals surface area contributed by atoms with E-state index in [1.807, 2.05) is 18.2 Å². The smallest absolute Gasteiger partial charge is 0.419 e. The Hall–Kier alpha value is -2.63. The van der Waals surface area contributed by atoms with Gasteiger partial charge in [-0.3, -0.25) is 5.32 Å². The average Bonchev–Trinajstić information content (AvgIpc) is 2.38. The Morgan fingerprint density at radius 2 is 1.95 bits per heavy atom. The first-order chi connectivity index (χ1) is 9.17. The minimum Gasteiger partial charge on any atom is -0.481 e. The van der Waals surface area contributed by atoms with Gasteiger partial charge >= 0.3 is 12.1 Å². The summed E-state index contributed by atoms with van der Waals surface area (Å²) in [5.74, 6) is 0.343. The second-order valence-electron chi connectivity index (χ2n) is 3.71. The lowest BCUT2D eigenvalue weighted by atomic mass is 10.3. The minimum absolute atomic E-state index is 0.0507. The van der Waals surface area contributed by atoms with Crippen LogP contribution >= 0.6 is 0 Å². The van der Waals surface area contributed by atoms with E-state index in [9.17, 15) is 4.79 Å². The SMILES string of the molecule is COc1cc(C)nc(OC(=O)Nc2ccccc2)n1. The molecule has 2 aromatic rings. The molecular formula is C13H13N3O3. The van der Waals surface area contributed by atoms with Crippen LogP contribution in [0.5, 0.6) is 11.9 Å². The summed E-state index contributed by atoms with van der Waals surface area (Å²) < 4.78 is 9.96. The molecule has 0 bridgehead atoms. The molecular weight excluding hydrogens is 246 g/mol. The van der Waals surface area contributed by atoms with Crippen LogP contribution in [-0.2, 0) is 0 Å². The maximum Gasteiger partial charge on any atom is 0.419 e. The number of aryl methyl sites for hydroxylation is 1. The molecule has 19 heavy (non-hydrogen) atoms. The molecule has 0 radical (unpaired) electrons. The number of hydrogen-bond donors (Lipinski definition) is 1. The number of benzene rings is 1. The largest absolute Gasteiger partial charge is 0.481 e. The fourth-order valence-corrected chi connectivity index (χ4v) is 1.41. The van der Waals surface area contributed by atoms with E-state index in [4.69, 9.17) is 9.47 Å². The predicted octanol–water partition coefficient (Wildman–Crippen LogP) is 2.40. The van der Waals surface area contributed by atoms with Crippen molar-refractivity contribution in [2.75, 3.05) is 12.4 Å². The summed E-state index contributed by atoms with van der Waals surface area (Å²) >= 11 is 0. The topological polar surface area (TPSA) is 73.3 Å². The summed E-state index contributed by atoms with van der Waals surface area (Å²) in [5, 5.41) is 2.57. The van der Waals surface area contributed by atoms with E-state index in [0.29, 0.717) is 17.3 Å². The van der Waals surface area contributed by atoms with Crippen LogP contribution in [0.15, 0.2) is 36.4 Å². The zero-order valence-corrected chi connectivity index (χ0v) is 10.6. The number of methoxy groups -OCH3 is 1. The number of rotatable bonds is 3. The molecule has 0 aliphatic carbocycles. The lowest BCUT2D eigenvalue weighted by Gasteiger charge is -2.06. The molecule has 1 aromatic carbocycles. The highest BCUT2D eigenvalue weighted by Crippen LogP contribution is 2.13. The van der Waals surface area contributed by atoms with Crippen molar-refractivity contribution in [3.05, 3.63) is 42.1 Å². The molecule has 1 amide bonds. The third kappa shape index (κ3) is 3.67. The number of anilines is 1. The Labute approximate surface area is 110 Å². The Kier molecular flexibility index (Phi) is 3.92. The molecule has 0 aliphatic heterocycles. The van der Waals surface area contributed by atoms with Gasteiger partial charge in [0.15, 0.2) is 0 Å². The molecule has 1 aromatic heterocycles. The minimum atomic E-state index is -0.654. The fourth-order valence-electron chi connectivity index (χ4n) is 1.41. The number of para-hydroxylation sites is 1. The lowest BCUT2D eigenvalue weighted by Crippen LogP contribution is -2.18. The molecule has 0 saturated carbocycles. The molecule has 1 heterocycles. The number of carbonyl (C=O) groups is 1. The van der Waals surface area contributed by atoms with Crippen LogP contribution in [0.4, 0.5) is 10.5 Å². The molecule has 6 heteroatoms. The number of hydrogen-bond acceptors (Lipinski definition) is 5. The Morgan fingerprint density at radius 1 is 1.21 bits per heavy atom. The van der Waals surface area contributed by atoms with Gasteiger partial charge in [-0.2, -0.15) is 9.97 Å². The first-order valence-electron chi connectivity index (χ1n) is 5.61. The van der Waals surface area contributed by atoms with Gasteiger partial charge in [-0.05, 0) is 19.1 Å². The number of ether oxygens (including phenoxy) is 2. The molecule has 0 spiro atoms. The Balaban J connectivity index is 2.05. The van der Waals surface area contributed by atoms with E-state index in [1.54, 1.807) is 25.1 Å². The van der Waals surface area contributed by atoms with Crippen LogP contribution in [0.25, 0.3) is 0 Å². The van der Waals surface area contributed by atoms with Crippen molar-refractivity contribution in [1.29, 1.82) is 0 Å². The van der Waals surface area contributed by atoms with Crippen LogP contribution < -0.4 is 14.8 Å². The molecule has 0 aliphatic rings. The van der Waals surface area contributed by atoms with Crippen LogP contribution in [-0.4, -0.2) is 23.2 Å². The van der Waals surface area contributed by atoms with E-state index in [0.717, 1.165) is 0 Å². The highest BCUT2D eigenvalue weighted by Gasteiger charge is 2.09. The van der Waals surface area contributed by atoms with Crippen molar-refractivity contribution in [3.63, 3.8) is 0 Å². The van der Waals surface area contributed by atoms with Gasteiger partial charge in [0.2, 0.25) is 5.88 Å². The van der Waals surface area contributed by atoms with E-state index in [2.05, 4.69) is 15.3 Å². The second kappa shape index (κ2) is 5.81. The third-order valence-electron chi connectivity index (χ3n) is 2.22. The molecule has 2 rings (SSSR count). The first kappa shape index (κ1) is 12.8. The van der Waals surface area contributed by atoms with Gasteiger partial charge in [0.05, 0.1) is 7.11 Å². The summed E-state index contributed by atoms with van der Waals surface area (Å²) in [7, 11) is 1.48. The quantitative estimate of drug-likeness (QED) is 0.916. The van der Waals surface area contributed by atoms with Crippen molar-refractivity contribution in [2.45, 2.75) is 6.92 Å². The van der Waals surface area contributed by atoms with E-state index in [-0.39, 0.29) is 6.01 Å². The standard InChI is InChI=1S/C13H13N3O3/c1-9-8-11(18-2)16-12(14-9)19-13(17)15-10-6-4-3-5-7-10/h3-8H,1-2H3,(H,15,17). The average molecular weight is 259 g/mol. The van der Waals surface area contributed by atoms with Crippen molar-refractivity contribution in [1.82, 2.24) is 9.97 Å². The molecule has 0 unspecified atom stereocenters. The zero-order chi connectivity index (χ0) is 13.7. The number of aromatic nitrogens is 2. The van der Waals surface area contributed by atoms with Gasteiger partial charge in [-0.15, -0.1) is 0 Å². The molecule has 98 valence electrons. The summed E-state index contributed by atoms with van der Waals surface area (Å²) in [5.41, 5.74) is 1.28. The van der Waals surface area contributed by atoms with E-state index in [1.165, 1.54) is 7.11 Å². The van der Waals surface area contributed by atoms with Crippen LogP contribution in [0.3, 0.4) is 0 Å². The monoisotopic (exact) mass is 259 g/mol. The lowest BCUT2D eigenvalue weighted by molar-refractivity contribution is 0.210. The van der Waals surface area contributed by atoms with Crippen LogP contribution in [0.1, 0.15) is 5.69 Å². The van der Waals surface area contributed by atoms with Gasteiger partial charge in [0.1, 0.15) is 0 Å². The number of nitrogens with one attached hydrogen (secondary N) is 1. The van der Waals surface area contributed by atoms with Crippen LogP contribution in [0.2, 0.25) is 0 Å². The van der Waals surface area contributed by atoms with E-state index >= 15 is 0 Å². The Bertz CT molecular complexity index is 573. The first-order valence-corrected chi connectivity index (χ1v) is 5.61. The van der Waals surface area contributed by atoms with Crippen LogP contribution in [0, 0.1) is 6.92 Å².